The van der Waals surface area contributed by atoms with Gasteiger partial charge in [-0.2, -0.15) is 0 Å². The summed E-state index contributed by atoms with van der Waals surface area (Å²) in [5, 5.41) is 8.06. The van der Waals surface area contributed by atoms with Gasteiger partial charge in [-0.05, 0) is 6.92 Å². The normalized spacial score (nSPS) is 10.0. The first kappa shape index (κ1) is 12.9. The van der Waals surface area contributed by atoms with Gasteiger partial charge < -0.3 is 16.0 Å². The van der Waals surface area contributed by atoms with E-state index in [2.05, 4.69) is 16.0 Å². The van der Waals surface area contributed by atoms with Crippen LogP contribution in [0, 0.1) is 0 Å². The highest BCUT2D eigenvalue weighted by molar-refractivity contribution is 5.85. The highest BCUT2D eigenvalue weighted by atomic mass is 16.2. The van der Waals surface area contributed by atoms with Crippen LogP contribution in [0.4, 0.5) is 0 Å². The Morgan fingerprint density at radius 3 is 2.14 bits per heavy atom. The topological polar surface area (TPSA) is 70.2 Å². The minimum atomic E-state index is -0.162. The highest BCUT2D eigenvalue weighted by Crippen LogP contribution is 1.74. The Morgan fingerprint density at radius 2 is 1.64 bits per heavy atom. The summed E-state index contributed by atoms with van der Waals surface area (Å²) >= 11 is 0. The average Bonchev–Trinajstić information content (AvgIpc) is 2.12. The molecule has 0 aliphatic heterocycles. The molecule has 0 aromatic rings. The van der Waals surface area contributed by atoms with E-state index in [1.165, 1.54) is 0 Å². The zero-order valence-electron chi connectivity index (χ0n) is 9.02. The second kappa shape index (κ2) is 7.32. The zero-order chi connectivity index (χ0) is 11.0. The van der Waals surface area contributed by atoms with Crippen LogP contribution in [-0.4, -0.2) is 37.5 Å². The lowest BCUT2D eigenvalue weighted by Gasteiger charge is -2.08. The fourth-order valence-electron chi connectivity index (χ4n) is 0.798. The fourth-order valence-corrected chi connectivity index (χ4v) is 0.798. The molecule has 0 heterocycles. The SMILES string of the molecule is CCNC(=O)CNC(=O)CNC(C)C. The molecule has 0 radical (unpaired) electrons. The predicted molar refractivity (Wildman–Crippen MR) is 54.8 cm³/mol. The van der Waals surface area contributed by atoms with E-state index >= 15 is 0 Å². The molecule has 0 rings (SSSR count). The Balaban J connectivity index is 3.48. The lowest BCUT2D eigenvalue weighted by Crippen LogP contribution is -2.41. The second-order valence-corrected chi connectivity index (χ2v) is 3.27. The van der Waals surface area contributed by atoms with Crippen LogP contribution in [0.25, 0.3) is 0 Å². The molecule has 0 saturated heterocycles. The fraction of sp³-hybridized carbons (Fsp3) is 0.778. The van der Waals surface area contributed by atoms with Gasteiger partial charge in [-0.15, -0.1) is 0 Å². The third-order valence-corrected chi connectivity index (χ3v) is 1.49. The molecule has 3 N–H and O–H groups in total. The minimum absolute atomic E-state index is 0.0481. The lowest BCUT2D eigenvalue weighted by molar-refractivity contribution is -0.125. The van der Waals surface area contributed by atoms with Crippen LogP contribution in [0.2, 0.25) is 0 Å². The van der Waals surface area contributed by atoms with Crippen LogP contribution in [0.5, 0.6) is 0 Å². The summed E-state index contributed by atoms with van der Waals surface area (Å²) in [5.74, 6) is -0.324. The molecule has 0 aromatic carbocycles. The number of carbonyl (C=O) groups is 2. The number of amides is 2. The van der Waals surface area contributed by atoms with E-state index in [4.69, 9.17) is 0 Å². The van der Waals surface area contributed by atoms with Crippen molar-refractivity contribution in [1.82, 2.24) is 16.0 Å². The van der Waals surface area contributed by atoms with Gasteiger partial charge in [-0.1, -0.05) is 13.8 Å². The van der Waals surface area contributed by atoms with E-state index in [9.17, 15) is 9.59 Å². The third kappa shape index (κ3) is 7.54. The quantitative estimate of drug-likeness (QED) is 0.529. The third-order valence-electron chi connectivity index (χ3n) is 1.49. The van der Waals surface area contributed by atoms with Gasteiger partial charge in [0.1, 0.15) is 0 Å². The number of likely N-dealkylation sites (N-methyl/N-ethyl adjacent to an activating group) is 1. The van der Waals surface area contributed by atoms with E-state index < -0.39 is 0 Å². The Bertz CT molecular complexity index is 192. The van der Waals surface area contributed by atoms with Crippen molar-refractivity contribution in [3.05, 3.63) is 0 Å². The summed E-state index contributed by atoms with van der Waals surface area (Å²) in [6.45, 7) is 6.62. The molecule has 82 valence electrons. The van der Waals surface area contributed by atoms with Gasteiger partial charge in [0.2, 0.25) is 11.8 Å². The maximum Gasteiger partial charge on any atom is 0.239 e. The van der Waals surface area contributed by atoms with Crippen molar-refractivity contribution in [2.45, 2.75) is 26.8 Å². The average molecular weight is 201 g/mol. The van der Waals surface area contributed by atoms with Crippen molar-refractivity contribution in [3.63, 3.8) is 0 Å². The van der Waals surface area contributed by atoms with E-state index in [1.807, 2.05) is 20.8 Å². The number of rotatable bonds is 6. The molecule has 0 spiro atoms. The van der Waals surface area contributed by atoms with Gasteiger partial charge in [0, 0.05) is 12.6 Å². The zero-order valence-corrected chi connectivity index (χ0v) is 9.02. The van der Waals surface area contributed by atoms with Crippen molar-refractivity contribution in [1.29, 1.82) is 0 Å². The molecule has 0 aliphatic carbocycles. The first-order chi connectivity index (χ1) is 6.56. The van der Waals surface area contributed by atoms with Gasteiger partial charge in [0.15, 0.2) is 0 Å². The van der Waals surface area contributed by atoms with Crippen LogP contribution in [0.1, 0.15) is 20.8 Å². The van der Waals surface area contributed by atoms with Gasteiger partial charge in [-0.25, -0.2) is 0 Å². The standard InChI is InChI=1S/C9H19N3O2/c1-4-10-8(13)6-12-9(14)5-11-7(2)3/h7,11H,4-6H2,1-3H3,(H,10,13)(H,12,14). The van der Waals surface area contributed by atoms with Crippen molar-refractivity contribution in [2.24, 2.45) is 0 Å². The molecule has 0 aromatic heterocycles. The predicted octanol–water partition coefficient (Wildman–Crippen LogP) is -0.763. The van der Waals surface area contributed by atoms with Crippen LogP contribution in [-0.2, 0) is 9.59 Å². The smallest absolute Gasteiger partial charge is 0.239 e. The Kier molecular flexibility index (Phi) is 6.74. The van der Waals surface area contributed by atoms with Crippen molar-refractivity contribution >= 4 is 11.8 Å². The first-order valence-corrected chi connectivity index (χ1v) is 4.83. The first-order valence-electron chi connectivity index (χ1n) is 4.83. The molecule has 14 heavy (non-hydrogen) atoms. The monoisotopic (exact) mass is 201 g/mol. The van der Waals surface area contributed by atoms with Crippen LogP contribution in [0.15, 0.2) is 0 Å². The van der Waals surface area contributed by atoms with Crippen molar-refractivity contribution in [2.75, 3.05) is 19.6 Å². The van der Waals surface area contributed by atoms with E-state index in [0.717, 1.165) is 0 Å². The number of hydrogen-bond acceptors (Lipinski definition) is 3. The number of carbonyl (C=O) groups excluding carboxylic acids is 2. The summed E-state index contributed by atoms with van der Waals surface area (Å²) in [5.41, 5.74) is 0. The van der Waals surface area contributed by atoms with Gasteiger partial charge in [-0.3, -0.25) is 9.59 Å². The number of nitrogens with one attached hydrogen (secondary N) is 3. The van der Waals surface area contributed by atoms with E-state index in [0.29, 0.717) is 6.54 Å². The summed E-state index contributed by atoms with van der Waals surface area (Å²) in [7, 11) is 0. The van der Waals surface area contributed by atoms with E-state index in [1.54, 1.807) is 0 Å². The molecular weight excluding hydrogens is 182 g/mol. The molecule has 5 nitrogen and oxygen atoms in total. The van der Waals surface area contributed by atoms with Gasteiger partial charge in [0.25, 0.3) is 0 Å². The Hall–Kier alpha value is -1.10. The minimum Gasteiger partial charge on any atom is -0.355 e. The molecular formula is C9H19N3O2. The maximum atomic E-state index is 11.1. The van der Waals surface area contributed by atoms with Crippen molar-refractivity contribution < 1.29 is 9.59 Å². The van der Waals surface area contributed by atoms with Crippen LogP contribution >= 0.6 is 0 Å². The molecule has 0 unspecified atom stereocenters. The summed E-state index contributed by atoms with van der Waals surface area (Å²) in [6.07, 6.45) is 0. The van der Waals surface area contributed by atoms with Crippen molar-refractivity contribution in [3.8, 4) is 0 Å². The van der Waals surface area contributed by atoms with Gasteiger partial charge in [0.05, 0.1) is 13.1 Å². The van der Waals surface area contributed by atoms with Crippen LogP contribution < -0.4 is 16.0 Å². The second-order valence-electron chi connectivity index (χ2n) is 3.27. The molecule has 0 aliphatic rings. The summed E-state index contributed by atoms with van der Waals surface area (Å²) in [4.78, 5) is 22.0. The van der Waals surface area contributed by atoms with Gasteiger partial charge >= 0.3 is 0 Å². The lowest BCUT2D eigenvalue weighted by atomic mass is 10.4. The summed E-state index contributed by atoms with van der Waals surface area (Å²) in [6, 6.07) is 0.269. The molecule has 0 fully saturated rings. The molecule has 0 bridgehead atoms. The van der Waals surface area contributed by atoms with Crippen LogP contribution in [0.3, 0.4) is 0 Å². The molecule has 2 amide bonds. The number of hydrogen-bond donors (Lipinski definition) is 3. The highest BCUT2D eigenvalue weighted by Gasteiger charge is 2.04. The Labute approximate surface area is 84.6 Å². The molecule has 0 saturated carbocycles. The molecule has 0 atom stereocenters. The Morgan fingerprint density at radius 1 is 1.07 bits per heavy atom. The largest absolute Gasteiger partial charge is 0.355 e. The summed E-state index contributed by atoms with van der Waals surface area (Å²) < 4.78 is 0. The maximum absolute atomic E-state index is 11.1. The molecule has 5 heteroatoms. The van der Waals surface area contributed by atoms with E-state index in [-0.39, 0.29) is 30.9 Å².